The maximum absolute atomic E-state index is 12.9. The van der Waals surface area contributed by atoms with Gasteiger partial charge in [-0.1, -0.05) is 25.3 Å². The predicted molar refractivity (Wildman–Crippen MR) is 150 cm³/mol. The van der Waals surface area contributed by atoms with Crippen LogP contribution in [-0.4, -0.2) is 79.6 Å². The van der Waals surface area contributed by atoms with Gasteiger partial charge < -0.3 is 19.7 Å². The second-order valence-corrected chi connectivity index (χ2v) is 10.9. The Hall–Kier alpha value is -3.10. The van der Waals surface area contributed by atoms with Crippen LogP contribution in [0.15, 0.2) is 36.5 Å². The van der Waals surface area contributed by atoms with E-state index in [1.54, 1.807) is 7.05 Å². The number of H-pyrrole nitrogens is 1. The van der Waals surface area contributed by atoms with Gasteiger partial charge in [-0.25, -0.2) is 0 Å². The van der Waals surface area contributed by atoms with Gasteiger partial charge in [0.15, 0.2) is 0 Å². The number of hydrogen-bond donors (Lipinski definition) is 2. The molecule has 202 valence electrons. The Morgan fingerprint density at radius 3 is 2.55 bits per heavy atom. The maximum atomic E-state index is 12.9. The summed E-state index contributed by atoms with van der Waals surface area (Å²) in [5.74, 6) is 0.796. The van der Waals surface area contributed by atoms with Crippen LogP contribution in [0.5, 0.6) is 5.75 Å². The number of aromatic amines is 1. The minimum Gasteiger partial charge on any atom is -0.489 e. The van der Waals surface area contributed by atoms with Crippen LogP contribution < -0.4 is 15.0 Å². The van der Waals surface area contributed by atoms with E-state index in [2.05, 4.69) is 43.5 Å². The first kappa shape index (κ1) is 25.2. The largest absolute Gasteiger partial charge is 0.489 e. The van der Waals surface area contributed by atoms with Crippen LogP contribution in [0.4, 0.5) is 5.69 Å². The number of benzene rings is 2. The average molecular weight is 518 g/mol. The fourth-order valence-corrected chi connectivity index (χ4v) is 6.33. The van der Waals surface area contributed by atoms with Crippen molar-refractivity contribution in [2.75, 3.05) is 51.3 Å². The van der Waals surface area contributed by atoms with Crippen LogP contribution in [0.1, 0.15) is 55.3 Å². The number of nitrogens with one attached hydrogen (secondary N) is 2. The molecule has 6 rings (SSSR count). The minimum atomic E-state index is -0.0474. The van der Waals surface area contributed by atoms with Crippen molar-refractivity contribution in [1.29, 1.82) is 0 Å². The Kier molecular flexibility index (Phi) is 7.51. The molecule has 1 aromatic heterocycles. The number of piperazine rings is 1. The van der Waals surface area contributed by atoms with Gasteiger partial charge in [-0.3, -0.25) is 14.8 Å². The van der Waals surface area contributed by atoms with Crippen molar-refractivity contribution in [2.24, 2.45) is 0 Å². The zero-order valence-electron chi connectivity index (χ0n) is 22.4. The van der Waals surface area contributed by atoms with Crippen molar-refractivity contribution >= 4 is 22.5 Å². The summed E-state index contributed by atoms with van der Waals surface area (Å²) in [5.41, 5.74) is 4.79. The summed E-state index contributed by atoms with van der Waals surface area (Å²) < 4.78 is 12.0. The molecule has 2 saturated heterocycles. The molecule has 8 heteroatoms. The number of aromatic nitrogens is 2. The Balaban J connectivity index is 1.29. The molecule has 0 unspecified atom stereocenters. The molecule has 1 saturated carbocycles. The first-order valence-electron chi connectivity index (χ1n) is 14.3. The Bertz CT molecular complexity index is 1250. The van der Waals surface area contributed by atoms with Gasteiger partial charge >= 0.3 is 0 Å². The quantitative estimate of drug-likeness (QED) is 0.497. The standard InChI is InChI=1S/C30H39N5O3/c1-31-30(36)25-8-7-21(18-28(25)35-13-11-34(12-14-35)23-5-3-2-4-6-23)22-17-27-26(20-32-33-27)29(19-22)38-24-9-15-37-16-10-24/h7-8,17-20,23-24H,2-6,9-16H2,1H3,(H,31,36)(H,32,33). The second kappa shape index (κ2) is 11.3. The number of fused-ring (bicyclic) bond motifs is 1. The monoisotopic (exact) mass is 517 g/mol. The highest BCUT2D eigenvalue weighted by Gasteiger charge is 2.27. The van der Waals surface area contributed by atoms with Gasteiger partial charge in [-0.05, 0) is 48.2 Å². The molecule has 3 heterocycles. The van der Waals surface area contributed by atoms with Crippen molar-refractivity contribution in [1.82, 2.24) is 20.4 Å². The lowest BCUT2D eigenvalue weighted by molar-refractivity contribution is 0.0262. The topological polar surface area (TPSA) is 82.7 Å². The van der Waals surface area contributed by atoms with Crippen LogP contribution in [0.3, 0.4) is 0 Å². The molecule has 2 aliphatic heterocycles. The molecule has 38 heavy (non-hydrogen) atoms. The summed E-state index contributed by atoms with van der Waals surface area (Å²) in [6.07, 6.45) is 10.5. The summed E-state index contributed by atoms with van der Waals surface area (Å²) >= 11 is 0. The third-order valence-corrected chi connectivity index (χ3v) is 8.53. The highest BCUT2D eigenvalue weighted by Crippen LogP contribution is 2.36. The van der Waals surface area contributed by atoms with Gasteiger partial charge in [-0.15, -0.1) is 0 Å². The number of amides is 1. The molecular formula is C30H39N5O3. The molecule has 1 amide bonds. The molecule has 3 aromatic rings. The van der Waals surface area contributed by atoms with Gasteiger partial charge in [0.05, 0.1) is 41.6 Å². The highest BCUT2D eigenvalue weighted by molar-refractivity contribution is 6.01. The number of ether oxygens (including phenoxy) is 2. The number of carbonyl (C=O) groups excluding carboxylic acids is 1. The van der Waals surface area contributed by atoms with E-state index in [0.717, 1.165) is 97.3 Å². The van der Waals surface area contributed by atoms with Gasteiger partial charge in [0.2, 0.25) is 0 Å². The third-order valence-electron chi connectivity index (χ3n) is 8.53. The zero-order chi connectivity index (χ0) is 25.9. The summed E-state index contributed by atoms with van der Waals surface area (Å²) in [5, 5.41) is 11.2. The number of rotatable bonds is 6. The SMILES string of the molecule is CNC(=O)c1ccc(-c2cc(OC3CCOCC3)c3cn[nH]c3c2)cc1N1CCN(C2CCCCC2)CC1. The molecule has 8 nitrogen and oxygen atoms in total. The van der Waals surface area contributed by atoms with Crippen molar-refractivity contribution in [3.63, 3.8) is 0 Å². The zero-order valence-corrected chi connectivity index (χ0v) is 22.4. The first-order chi connectivity index (χ1) is 18.7. The van der Waals surface area contributed by atoms with Crippen LogP contribution >= 0.6 is 0 Å². The van der Waals surface area contributed by atoms with Gasteiger partial charge in [0.1, 0.15) is 11.9 Å². The van der Waals surface area contributed by atoms with Crippen molar-refractivity contribution < 1.29 is 14.3 Å². The van der Waals surface area contributed by atoms with E-state index >= 15 is 0 Å². The summed E-state index contributed by atoms with van der Waals surface area (Å²) in [4.78, 5) is 17.9. The lowest BCUT2D eigenvalue weighted by Crippen LogP contribution is -2.51. The molecule has 0 atom stereocenters. The highest BCUT2D eigenvalue weighted by atomic mass is 16.5. The lowest BCUT2D eigenvalue weighted by Gasteiger charge is -2.42. The fraction of sp³-hybridized carbons (Fsp3) is 0.533. The average Bonchev–Trinajstić information content (AvgIpc) is 3.47. The van der Waals surface area contributed by atoms with Crippen LogP contribution in [0.2, 0.25) is 0 Å². The Morgan fingerprint density at radius 2 is 1.79 bits per heavy atom. The molecule has 0 radical (unpaired) electrons. The van der Waals surface area contributed by atoms with Crippen LogP contribution in [0, 0.1) is 0 Å². The lowest BCUT2D eigenvalue weighted by atomic mass is 9.93. The number of nitrogens with zero attached hydrogens (tertiary/aromatic N) is 3. The predicted octanol–water partition coefficient (Wildman–Crippen LogP) is 4.60. The van der Waals surface area contributed by atoms with Gasteiger partial charge in [-0.2, -0.15) is 5.10 Å². The normalized spacial score (nSPS) is 20.1. The molecule has 3 aliphatic rings. The van der Waals surface area contributed by atoms with Crippen LogP contribution in [-0.2, 0) is 4.74 Å². The molecular weight excluding hydrogens is 478 g/mol. The van der Waals surface area contributed by atoms with E-state index in [1.807, 2.05) is 18.3 Å². The molecule has 2 N–H and O–H groups in total. The van der Waals surface area contributed by atoms with E-state index in [1.165, 1.54) is 32.1 Å². The summed E-state index contributed by atoms with van der Waals surface area (Å²) in [6.45, 7) is 5.42. The van der Waals surface area contributed by atoms with E-state index < -0.39 is 0 Å². The summed E-state index contributed by atoms with van der Waals surface area (Å²) in [7, 11) is 1.70. The van der Waals surface area contributed by atoms with Crippen LogP contribution in [0.25, 0.3) is 22.0 Å². The van der Waals surface area contributed by atoms with E-state index in [0.29, 0.717) is 0 Å². The van der Waals surface area contributed by atoms with E-state index in [4.69, 9.17) is 9.47 Å². The molecule has 0 bridgehead atoms. The number of hydrogen-bond acceptors (Lipinski definition) is 6. The van der Waals surface area contributed by atoms with E-state index in [-0.39, 0.29) is 12.0 Å². The Morgan fingerprint density at radius 1 is 1.00 bits per heavy atom. The maximum Gasteiger partial charge on any atom is 0.253 e. The molecule has 2 aromatic carbocycles. The molecule has 1 aliphatic carbocycles. The molecule has 0 spiro atoms. The molecule has 3 fully saturated rings. The van der Waals surface area contributed by atoms with E-state index in [9.17, 15) is 4.79 Å². The summed E-state index contributed by atoms with van der Waals surface area (Å²) in [6, 6.07) is 11.2. The fourth-order valence-electron chi connectivity index (χ4n) is 6.33. The second-order valence-electron chi connectivity index (χ2n) is 10.9. The van der Waals surface area contributed by atoms with Crippen molar-refractivity contribution in [3.8, 4) is 16.9 Å². The number of anilines is 1. The Labute approximate surface area is 224 Å². The van der Waals surface area contributed by atoms with Gasteiger partial charge in [0.25, 0.3) is 5.91 Å². The smallest absolute Gasteiger partial charge is 0.253 e. The first-order valence-corrected chi connectivity index (χ1v) is 14.3. The van der Waals surface area contributed by atoms with Crippen molar-refractivity contribution in [3.05, 3.63) is 42.1 Å². The number of carbonyl (C=O) groups is 1. The minimum absolute atomic E-state index is 0.0474. The van der Waals surface area contributed by atoms with Crippen molar-refractivity contribution in [2.45, 2.75) is 57.1 Å². The third kappa shape index (κ3) is 5.24. The van der Waals surface area contributed by atoms with Gasteiger partial charge in [0, 0.05) is 52.1 Å².